The van der Waals surface area contributed by atoms with Crippen LogP contribution in [-0.2, 0) is 14.3 Å². The lowest BCUT2D eigenvalue weighted by atomic mass is 10.1. The minimum Gasteiger partial charge on any atom is -0.453 e. The molecule has 6 heteroatoms. The first kappa shape index (κ1) is 18.9. The van der Waals surface area contributed by atoms with Gasteiger partial charge in [0.1, 0.15) is 0 Å². The molecule has 1 N–H and O–H groups in total. The normalized spacial score (nSPS) is 11.1. The van der Waals surface area contributed by atoms with Gasteiger partial charge in [-0.2, -0.15) is 5.26 Å². The predicted octanol–water partition coefficient (Wildman–Crippen LogP) is 3.09. The lowest BCUT2D eigenvalue weighted by molar-refractivity contribution is -0.153. The van der Waals surface area contributed by atoms with E-state index in [9.17, 15) is 14.4 Å². The summed E-state index contributed by atoms with van der Waals surface area (Å²) in [5.74, 6) is -1.26. The summed E-state index contributed by atoms with van der Waals surface area (Å²) in [7, 11) is 0. The zero-order valence-corrected chi connectivity index (χ0v) is 14.3. The fourth-order valence-corrected chi connectivity index (χ4v) is 2.17. The van der Waals surface area contributed by atoms with Crippen molar-refractivity contribution in [3.63, 3.8) is 0 Å². The highest BCUT2D eigenvalue weighted by Gasteiger charge is 2.19. The first-order valence-corrected chi connectivity index (χ1v) is 8.08. The Morgan fingerprint density at radius 2 is 1.69 bits per heavy atom. The van der Waals surface area contributed by atoms with E-state index in [4.69, 9.17) is 10.00 Å². The van der Waals surface area contributed by atoms with Gasteiger partial charge in [0.25, 0.3) is 5.91 Å². The number of Topliss-reactive ketones (excluding diaryl/α,β-unsaturated/α-hetero) is 1. The molecule has 26 heavy (non-hydrogen) atoms. The van der Waals surface area contributed by atoms with E-state index in [-0.39, 0.29) is 18.6 Å². The summed E-state index contributed by atoms with van der Waals surface area (Å²) >= 11 is 0. The highest BCUT2D eigenvalue weighted by atomic mass is 16.5. The van der Waals surface area contributed by atoms with E-state index < -0.39 is 18.0 Å². The average molecular weight is 350 g/mol. The molecular formula is C20H18N2O4. The van der Waals surface area contributed by atoms with Crippen molar-refractivity contribution >= 4 is 23.3 Å². The number of carbonyl (C=O) groups is 3. The summed E-state index contributed by atoms with van der Waals surface area (Å²) in [5.41, 5.74) is 1.51. The highest BCUT2D eigenvalue weighted by Crippen LogP contribution is 2.11. The van der Waals surface area contributed by atoms with Crippen LogP contribution in [0.3, 0.4) is 0 Å². The molecule has 0 aliphatic heterocycles. The van der Waals surface area contributed by atoms with Crippen LogP contribution < -0.4 is 5.32 Å². The third kappa shape index (κ3) is 5.56. The molecule has 0 heterocycles. The van der Waals surface area contributed by atoms with Gasteiger partial charge in [-0.25, -0.2) is 0 Å². The third-order valence-corrected chi connectivity index (χ3v) is 3.61. The molecule has 1 amide bonds. The van der Waals surface area contributed by atoms with Gasteiger partial charge < -0.3 is 10.1 Å². The van der Waals surface area contributed by atoms with Crippen molar-refractivity contribution in [1.82, 2.24) is 0 Å². The van der Waals surface area contributed by atoms with Crippen molar-refractivity contribution in [3.05, 3.63) is 65.7 Å². The van der Waals surface area contributed by atoms with E-state index in [1.54, 1.807) is 54.6 Å². The van der Waals surface area contributed by atoms with Crippen molar-refractivity contribution < 1.29 is 19.1 Å². The Kier molecular flexibility index (Phi) is 6.63. The van der Waals surface area contributed by atoms with Crippen LogP contribution in [0.2, 0.25) is 0 Å². The average Bonchev–Trinajstić information content (AvgIpc) is 2.67. The van der Waals surface area contributed by atoms with Crippen molar-refractivity contribution in [2.75, 3.05) is 5.32 Å². The van der Waals surface area contributed by atoms with Crippen LogP contribution in [0.4, 0.5) is 5.69 Å². The second-order valence-electron chi connectivity index (χ2n) is 5.60. The minimum absolute atomic E-state index is 0.0206. The van der Waals surface area contributed by atoms with Gasteiger partial charge in [0.2, 0.25) is 0 Å². The van der Waals surface area contributed by atoms with E-state index in [1.807, 2.05) is 6.07 Å². The second kappa shape index (κ2) is 9.14. The summed E-state index contributed by atoms with van der Waals surface area (Å²) in [6.45, 7) is 1.45. The van der Waals surface area contributed by atoms with Gasteiger partial charge >= 0.3 is 5.97 Å². The molecule has 2 aromatic rings. The van der Waals surface area contributed by atoms with Gasteiger partial charge in [0, 0.05) is 17.7 Å². The van der Waals surface area contributed by atoms with Crippen molar-refractivity contribution in [2.24, 2.45) is 0 Å². The van der Waals surface area contributed by atoms with E-state index in [0.717, 1.165) is 0 Å². The van der Waals surface area contributed by atoms with Crippen molar-refractivity contribution in [3.8, 4) is 6.07 Å². The van der Waals surface area contributed by atoms with Crippen LogP contribution in [-0.4, -0.2) is 23.8 Å². The van der Waals surface area contributed by atoms with Crippen molar-refractivity contribution in [2.45, 2.75) is 25.9 Å². The number of hydrogen-bond acceptors (Lipinski definition) is 5. The lowest BCUT2D eigenvalue weighted by Gasteiger charge is -2.13. The van der Waals surface area contributed by atoms with E-state index in [1.165, 1.54) is 6.92 Å². The summed E-state index contributed by atoms with van der Waals surface area (Å²) in [5, 5.41) is 11.3. The quantitative estimate of drug-likeness (QED) is 0.611. The topological polar surface area (TPSA) is 96.3 Å². The molecule has 132 valence electrons. The number of esters is 1. The largest absolute Gasteiger partial charge is 0.453 e. The number of nitrogens with one attached hydrogen (secondary N) is 1. The fraction of sp³-hybridized carbons (Fsp3) is 0.200. The van der Waals surface area contributed by atoms with Crippen LogP contribution in [0, 0.1) is 11.3 Å². The van der Waals surface area contributed by atoms with Crippen LogP contribution in [0.25, 0.3) is 0 Å². The molecule has 0 unspecified atom stereocenters. The molecule has 2 aromatic carbocycles. The van der Waals surface area contributed by atoms with Crippen LogP contribution in [0.1, 0.15) is 35.7 Å². The number of benzene rings is 2. The Morgan fingerprint density at radius 1 is 1.04 bits per heavy atom. The molecule has 0 spiro atoms. The maximum absolute atomic E-state index is 12.0. The fourth-order valence-electron chi connectivity index (χ4n) is 2.17. The minimum atomic E-state index is -0.995. The number of nitrogens with zero attached hydrogens (tertiary/aromatic N) is 1. The Bertz CT molecular complexity index is 823. The SMILES string of the molecule is C[C@H](OC(=O)CCC(=O)c1ccccc1)C(=O)Nc1ccc(C#N)cc1. The van der Waals surface area contributed by atoms with E-state index >= 15 is 0 Å². The number of ether oxygens (including phenoxy) is 1. The van der Waals surface area contributed by atoms with Gasteiger partial charge in [-0.15, -0.1) is 0 Å². The number of anilines is 1. The molecule has 2 rings (SSSR count). The number of hydrogen-bond donors (Lipinski definition) is 1. The Morgan fingerprint density at radius 3 is 2.31 bits per heavy atom. The van der Waals surface area contributed by atoms with E-state index in [0.29, 0.717) is 16.8 Å². The first-order chi connectivity index (χ1) is 12.5. The summed E-state index contributed by atoms with van der Waals surface area (Å²) in [6.07, 6.45) is -1.07. The summed E-state index contributed by atoms with van der Waals surface area (Å²) in [6, 6.07) is 17.0. The predicted molar refractivity (Wildman–Crippen MR) is 95.3 cm³/mol. The molecule has 0 aromatic heterocycles. The molecule has 0 saturated heterocycles. The highest BCUT2D eigenvalue weighted by molar-refractivity contribution is 5.98. The molecule has 0 radical (unpaired) electrons. The molecular weight excluding hydrogens is 332 g/mol. The monoisotopic (exact) mass is 350 g/mol. The Labute approximate surface area is 151 Å². The summed E-state index contributed by atoms with van der Waals surface area (Å²) in [4.78, 5) is 35.8. The molecule has 6 nitrogen and oxygen atoms in total. The van der Waals surface area contributed by atoms with Gasteiger partial charge in [0.05, 0.1) is 18.1 Å². The second-order valence-corrected chi connectivity index (χ2v) is 5.60. The first-order valence-electron chi connectivity index (χ1n) is 8.08. The molecule has 0 fully saturated rings. The Balaban J connectivity index is 1.79. The number of nitriles is 1. The number of carbonyl (C=O) groups excluding carboxylic acids is 3. The molecule has 0 saturated carbocycles. The van der Waals surface area contributed by atoms with Crippen LogP contribution in [0.15, 0.2) is 54.6 Å². The van der Waals surface area contributed by atoms with E-state index in [2.05, 4.69) is 5.32 Å². The standard InChI is InChI=1S/C20H18N2O4/c1-14(20(25)22-17-9-7-15(13-21)8-10-17)26-19(24)12-11-18(23)16-5-3-2-4-6-16/h2-10,14H,11-12H2,1H3,(H,22,25)/t14-/m0/s1. The smallest absolute Gasteiger partial charge is 0.307 e. The Hall–Kier alpha value is -3.46. The zero-order valence-electron chi connectivity index (χ0n) is 14.3. The third-order valence-electron chi connectivity index (χ3n) is 3.61. The number of ketones is 1. The molecule has 0 aliphatic carbocycles. The zero-order chi connectivity index (χ0) is 18.9. The van der Waals surface area contributed by atoms with Crippen LogP contribution >= 0.6 is 0 Å². The molecule has 1 atom stereocenters. The molecule has 0 aliphatic rings. The van der Waals surface area contributed by atoms with Gasteiger partial charge in [-0.1, -0.05) is 30.3 Å². The summed E-state index contributed by atoms with van der Waals surface area (Å²) < 4.78 is 5.06. The number of amides is 1. The lowest BCUT2D eigenvalue weighted by Crippen LogP contribution is -2.30. The van der Waals surface area contributed by atoms with Crippen LogP contribution in [0.5, 0.6) is 0 Å². The maximum Gasteiger partial charge on any atom is 0.307 e. The van der Waals surface area contributed by atoms with Gasteiger partial charge in [0.15, 0.2) is 11.9 Å². The van der Waals surface area contributed by atoms with Gasteiger partial charge in [-0.3, -0.25) is 14.4 Å². The maximum atomic E-state index is 12.0. The number of rotatable bonds is 7. The van der Waals surface area contributed by atoms with Crippen molar-refractivity contribution in [1.29, 1.82) is 5.26 Å². The van der Waals surface area contributed by atoms with Gasteiger partial charge in [-0.05, 0) is 31.2 Å². The molecule has 0 bridgehead atoms.